The molecule has 1 amide bonds. The predicted molar refractivity (Wildman–Crippen MR) is 99.2 cm³/mol. The fourth-order valence-electron chi connectivity index (χ4n) is 2.47. The topological polar surface area (TPSA) is 117 Å². The van der Waals surface area contributed by atoms with Crippen molar-refractivity contribution in [1.29, 1.82) is 0 Å². The SMILES string of the molecule is O=C(NCC(O)c1cccc(F)c1)c1cc(-n2ncc(=O)[nH]c2=O)ccc1Cl. The monoisotopic (exact) mass is 404 g/mol. The van der Waals surface area contributed by atoms with Crippen LogP contribution < -0.4 is 16.6 Å². The van der Waals surface area contributed by atoms with Gasteiger partial charge in [-0.05, 0) is 35.9 Å². The van der Waals surface area contributed by atoms with Crippen LogP contribution in [0.1, 0.15) is 22.0 Å². The molecule has 144 valence electrons. The van der Waals surface area contributed by atoms with Crippen LogP contribution in [0.4, 0.5) is 4.39 Å². The van der Waals surface area contributed by atoms with Crippen molar-refractivity contribution < 1.29 is 14.3 Å². The van der Waals surface area contributed by atoms with Crippen molar-refractivity contribution in [2.75, 3.05) is 6.54 Å². The molecule has 1 unspecified atom stereocenters. The zero-order chi connectivity index (χ0) is 20.3. The lowest BCUT2D eigenvalue weighted by Gasteiger charge is -2.13. The Balaban J connectivity index is 1.80. The largest absolute Gasteiger partial charge is 0.387 e. The number of hydrogen-bond donors (Lipinski definition) is 3. The molecule has 1 aromatic heterocycles. The molecule has 0 radical (unpaired) electrons. The van der Waals surface area contributed by atoms with E-state index in [2.05, 4.69) is 15.4 Å². The van der Waals surface area contributed by atoms with Gasteiger partial charge in [0.1, 0.15) is 12.0 Å². The van der Waals surface area contributed by atoms with Gasteiger partial charge in [-0.2, -0.15) is 9.78 Å². The summed E-state index contributed by atoms with van der Waals surface area (Å²) in [5.74, 6) is -1.11. The highest BCUT2D eigenvalue weighted by Gasteiger charge is 2.15. The van der Waals surface area contributed by atoms with Crippen LogP contribution in [-0.4, -0.2) is 32.3 Å². The number of nitrogens with zero attached hydrogens (tertiary/aromatic N) is 2. The van der Waals surface area contributed by atoms with Gasteiger partial charge in [0.05, 0.1) is 22.4 Å². The fourth-order valence-corrected chi connectivity index (χ4v) is 2.68. The van der Waals surface area contributed by atoms with E-state index in [-0.39, 0.29) is 22.8 Å². The van der Waals surface area contributed by atoms with Gasteiger partial charge in [-0.1, -0.05) is 23.7 Å². The molecule has 3 N–H and O–H groups in total. The lowest BCUT2D eigenvalue weighted by molar-refractivity contribution is 0.0916. The number of carbonyl (C=O) groups excluding carboxylic acids is 1. The summed E-state index contributed by atoms with van der Waals surface area (Å²) in [4.78, 5) is 37.5. The van der Waals surface area contributed by atoms with E-state index in [1.807, 2.05) is 0 Å². The Morgan fingerprint density at radius 2 is 2.07 bits per heavy atom. The van der Waals surface area contributed by atoms with E-state index >= 15 is 0 Å². The molecule has 1 atom stereocenters. The zero-order valence-electron chi connectivity index (χ0n) is 14.2. The first kappa shape index (κ1) is 19.5. The molecule has 0 fully saturated rings. The number of nitrogens with one attached hydrogen (secondary N) is 2. The molecule has 0 bridgehead atoms. The number of aliphatic hydroxyl groups is 1. The summed E-state index contributed by atoms with van der Waals surface area (Å²) in [6.07, 6.45) is -0.199. The number of aromatic nitrogens is 3. The third kappa shape index (κ3) is 4.33. The molecule has 0 aliphatic carbocycles. The Kier molecular flexibility index (Phi) is 5.67. The van der Waals surface area contributed by atoms with Crippen molar-refractivity contribution in [3.05, 3.63) is 91.5 Å². The summed E-state index contributed by atoms with van der Waals surface area (Å²) < 4.78 is 14.1. The zero-order valence-corrected chi connectivity index (χ0v) is 15.0. The number of hydrogen-bond acceptors (Lipinski definition) is 5. The number of halogens is 2. The van der Waals surface area contributed by atoms with E-state index in [9.17, 15) is 23.9 Å². The summed E-state index contributed by atoms with van der Waals surface area (Å²) in [6, 6.07) is 9.55. The van der Waals surface area contributed by atoms with Crippen LogP contribution in [0.25, 0.3) is 5.69 Å². The number of aromatic amines is 1. The van der Waals surface area contributed by atoms with Gasteiger partial charge in [0, 0.05) is 6.54 Å². The van der Waals surface area contributed by atoms with Crippen LogP contribution in [-0.2, 0) is 0 Å². The number of benzene rings is 2. The summed E-state index contributed by atoms with van der Waals surface area (Å²) in [6.45, 7) is -0.181. The summed E-state index contributed by atoms with van der Waals surface area (Å²) in [5.41, 5.74) is -0.877. The second-order valence-electron chi connectivity index (χ2n) is 5.80. The van der Waals surface area contributed by atoms with Crippen LogP contribution in [0, 0.1) is 5.82 Å². The Labute approximate surface area is 162 Å². The number of rotatable bonds is 5. The molecule has 2 aromatic carbocycles. The van der Waals surface area contributed by atoms with Crippen LogP contribution in [0.15, 0.2) is 58.3 Å². The highest BCUT2D eigenvalue weighted by atomic mass is 35.5. The highest BCUT2D eigenvalue weighted by Crippen LogP contribution is 2.19. The maximum absolute atomic E-state index is 13.2. The van der Waals surface area contributed by atoms with Crippen molar-refractivity contribution >= 4 is 17.5 Å². The van der Waals surface area contributed by atoms with Gasteiger partial charge in [0.2, 0.25) is 0 Å². The molecule has 10 heteroatoms. The third-order valence-corrected chi connectivity index (χ3v) is 4.17. The quantitative estimate of drug-likeness (QED) is 0.590. The second-order valence-corrected chi connectivity index (χ2v) is 6.20. The standard InChI is InChI=1S/C18H14ClFN4O4/c19-14-5-4-12(24-18(28)23-16(26)9-22-24)7-13(14)17(27)21-8-15(25)10-2-1-3-11(20)6-10/h1-7,9,15,25H,8H2,(H,21,27)(H,23,26,28). The molecule has 0 aliphatic rings. The first-order valence-corrected chi connectivity index (χ1v) is 8.43. The molecule has 3 aromatic rings. The van der Waals surface area contributed by atoms with E-state index < -0.39 is 29.1 Å². The van der Waals surface area contributed by atoms with Crippen LogP contribution >= 0.6 is 11.6 Å². The predicted octanol–water partition coefficient (Wildman–Crippen LogP) is 1.18. The summed E-state index contributed by atoms with van der Waals surface area (Å²) in [7, 11) is 0. The van der Waals surface area contributed by atoms with E-state index in [0.717, 1.165) is 10.9 Å². The highest BCUT2D eigenvalue weighted by molar-refractivity contribution is 6.33. The van der Waals surface area contributed by atoms with Gasteiger partial charge >= 0.3 is 5.69 Å². The van der Waals surface area contributed by atoms with Gasteiger partial charge in [0.25, 0.3) is 11.5 Å². The van der Waals surface area contributed by atoms with Crippen molar-refractivity contribution in [2.24, 2.45) is 0 Å². The van der Waals surface area contributed by atoms with E-state index in [0.29, 0.717) is 5.56 Å². The molecular weight excluding hydrogens is 391 g/mol. The first-order valence-electron chi connectivity index (χ1n) is 8.05. The van der Waals surface area contributed by atoms with Crippen molar-refractivity contribution in [3.63, 3.8) is 0 Å². The Hall–Kier alpha value is -3.30. The maximum atomic E-state index is 13.2. The fraction of sp³-hybridized carbons (Fsp3) is 0.111. The molecule has 0 saturated carbocycles. The average Bonchev–Trinajstić information content (AvgIpc) is 2.66. The van der Waals surface area contributed by atoms with Gasteiger partial charge in [-0.3, -0.25) is 14.6 Å². The van der Waals surface area contributed by atoms with Gasteiger partial charge in [-0.15, -0.1) is 0 Å². The van der Waals surface area contributed by atoms with Gasteiger partial charge in [0.15, 0.2) is 0 Å². The second kappa shape index (κ2) is 8.15. The van der Waals surface area contributed by atoms with Gasteiger partial charge < -0.3 is 10.4 Å². The number of aliphatic hydroxyl groups excluding tert-OH is 1. The van der Waals surface area contributed by atoms with E-state index in [4.69, 9.17) is 11.6 Å². The molecule has 0 aliphatic heterocycles. The molecule has 28 heavy (non-hydrogen) atoms. The molecule has 0 saturated heterocycles. The smallest absolute Gasteiger partial charge is 0.349 e. The first-order chi connectivity index (χ1) is 13.3. The molecular formula is C18H14ClFN4O4. The third-order valence-electron chi connectivity index (χ3n) is 3.84. The lowest BCUT2D eigenvalue weighted by Crippen LogP contribution is -2.31. The minimum absolute atomic E-state index is 0.0329. The van der Waals surface area contributed by atoms with Crippen LogP contribution in [0.3, 0.4) is 0 Å². The van der Waals surface area contributed by atoms with Crippen LogP contribution in [0.5, 0.6) is 0 Å². The lowest BCUT2D eigenvalue weighted by atomic mass is 10.1. The minimum atomic E-state index is -1.12. The van der Waals surface area contributed by atoms with Crippen LogP contribution in [0.2, 0.25) is 5.02 Å². The van der Waals surface area contributed by atoms with E-state index in [1.54, 1.807) is 0 Å². The summed E-state index contributed by atoms with van der Waals surface area (Å²) in [5, 5.41) is 16.4. The summed E-state index contributed by atoms with van der Waals surface area (Å²) >= 11 is 6.06. The molecule has 8 nitrogen and oxygen atoms in total. The minimum Gasteiger partial charge on any atom is -0.387 e. The van der Waals surface area contributed by atoms with Crippen molar-refractivity contribution in [3.8, 4) is 5.69 Å². The molecule has 1 heterocycles. The maximum Gasteiger partial charge on any atom is 0.349 e. The number of amides is 1. The number of carbonyl (C=O) groups is 1. The van der Waals surface area contributed by atoms with Gasteiger partial charge in [-0.25, -0.2) is 9.18 Å². The van der Waals surface area contributed by atoms with E-state index in [1.165, 1.54) is 42.5 Å². The number of H-pyrrole nitrogens is 1. The normalized spacial score (nSPS) is 11.8. The van der Waals surface area contributed by atoms with Crippen molar-refractivity contribution in [2.45, 2.75) is 6.10 Å². The Bertz CT molecular complexity index is 1140. The molecule has 3 rings (SSSR count). The van der Waals surface area contributed by atoms with Crippen molar-refractivity contribution in [1.82, 2.24) is 20.1 Å². The Morgan fingerprint density at radius 3 is 2.79 bits per heavy atom. The molecule has 0 spiro atoms. The average molecular weight is 405 g/mol. The Morgan fingerprint density at radius 1 is 1.29 bits per heavy atom.